The second-order valence-electron chi connectivity index (χ2n) is 7.33. The van der Waals surface area contributed by atoms with Gasteiger partial charge in [0.25, 0.3) is 0 Å². The quantitative estimate of drug-likeness (QED) is 0.508. The van der Waals surface area contributed by atoms with Gasteiger partial charge in [0.15, 0.2) is 0 Å². The highest BCUT2D eigenvalue weighted by atomic mass is 19.3. The van der Waals surface area contributed by atoms with Crippen LogP contribution in [0.4, 0.5) is 8.78 Å². The van der Waals surface area contributed by atoms with Crippen LogP contribution in [-0.4, -0.2) is 0 Å². The van der Waals surface area contributed by atoms with Crippen molar-refractivity contribution in [3.05, 3.63) is 77.4 Å². The number of hydrogen-bond donors (Lipinski definition) is 0. The molecule has 1 aliphatic carbocycles. The molecule has 0 heterocycles. The van der Waals surface area contributed by atoms with E-state index in [2.05, 4.69) is 19.1 Å². The first-order valence-electron chi connectivity index (χ1n) is 9.86. The van der Waals surface area contributed by atoms with Crippen LogP contribution in [0, 0.1) is 17.2 Å². The maximum Gasteiger partial charge on any atom is 0.426 e. The number of nitrogens with zero attached hydrogens (tertiary/aromatic N) is 1. The van der Waals surface area contributed by atoms with E-state index in [4.69, 9.17) is 10.00 Å². The van der Waals surface area contributed by atoms with Gasteiger partial charge in [-0.25, -0.2) is 0 Å². The van der Waals surface area contributed by atoms with Gasteiger partial charge in [-0.15, -0.1) is 0 Å². The molecule has 0 saturated heterocycles. The van der Waals surface area contributed by atoms with Crippen molar-refractivity contribution in [2.75, 3.05) is 0 Å². The minimum absolute atomic E-state index is 0.0338. The topological polar surface area (TPSA) is 33.0 Å². The normalized spacial score (nSPS) is 20.1. The number of nitriles is 1. The summed E-state index contributed by atoms with van der Waals surface area (Å²) >= 11 is 0. The van der Waals surface area contributed by atoms with Crippen molar-refractivity contribution in [1.82, 2.24) is 0 Å². The Kier molecular flexibility index (Phi) is 6.46. The summed E-state index contributed by atoms with van der Waals surface area (Å²) in [6.07, 6.45) is 6.69. The fourth-order valence-electron chi connectivity index (χ4n) is 3.73. The van der Waals surface area contributed by atoms with Crippen LogP contribution in [0.3, 0.4) is 0 Å². The van der Waals surface area contributed by atoms with E-state index in [1.807, 2.05) is 6.07 Å². The van der Waals surface area contributed by atoms with Crippen LogP contribution in [0.2, 0.25) is 0 Å². The molecule has 2 aromatic rings. The van der Waals surface area contributed by atoms with Crippen LogP contribution in [0.15, 0.2) is 60.7 Å². The standard InChI is InChI=1S/C24H25F2NO/c1-2-3-4-18-5-9-20(10-6-18)21-11-13-22(14-12-21)24(25,26)28-23-15-7-19(17-27)8-16-23/h3-4,7-8,11-16,18,20H,2,5-6,9-10H2,1H3. The first-order chi connectivity index (χ1) is 13.5. The molecule has 0 atom stereocenters. The molecule has 0 radical (unpaired) electrons. The molecule has 3 rings (SSSR count). The molecule has 1 saturated carbocycles. The molecule has 4 heteroatoms. The van der Waals surface area contributed by atoms with Gasteiger partial charge < -0.3 is 4.74 Å². The Morgan fingerprint density at radius 2 is 1.68 bits per heavy atom. The van der Waals surface area contributed by atoms with Gasteiger partial charge in [-0.1, -0.05) is 31.2 Å². The number of allylic oxidation sites excluding steroid dienone is 2. The maximum absolute atomic E-state index is 14.5. The van der Waals surface area contributed by atoms with E-state index in [0.717, 1.165) is 37.7 Å². The molecule has 2 aromatic carbocycles. The molecule has 0 amide bonds. The largest absolute Gasteiger partial charge is 0.429 e. The third-order valence-electron chi connectivity index (χ3n) is 5.36. The van der Waals surface area contributed by atoms with Crippen molar-refractivity contribution in [1.29, 1.82) is 5.26 Å². The lowest BCUT2D eigenvalue weighted by molar-refractivity contribution is -0.185. The van der Waals surface area contributed by atoms with E-state index in [1.54, 1.807) is 12.1 Å². The smallest absolute Gasteiger partial charge is 0.426 e. The maximum atomic E-state index is 14.5. The summed E-state index contributed by atoms with van der Waals surface area (Å²) in [5.74, 6) is 1.13. The minimum atomic E-state index is -3.42. The van der Waals surface area contributed by atoms with E-state index in [9.17, 15) is 8.78 Å². The van der Waals surface area contributed by atoms with Gasteiger partial charge in [0.05, 0.1) is 17.2 Å². The first kappa shape index (κ1) is 20.1. The zero-order chi connectivity index (χ0) is 20.0. The van der Waals surface area contributed by atoms with Gasteiger partial charge >= 0.3 is 6.11 Å². The number of benzene rings is 2. The Morgan fingerprint density at radius 3 is 2.25 bits per heavy atom. The Hall–Kier alpha value is -2.67. The molecule has 0 spiro atoms. The molecule has 0 unspecified atom stereocenters. The monoisotopic (exact) mass is 381 g/mol. The second-order valence-corrected chi connectivity index (χ2v) is 7.33. The molecule has 2 nitrogen and oxygen atoms in total. The molecule has 0 N–H and O–H groups in total. The Balaban J connectivity index is 1.63. The molecule has 0 bridgehead atoms. The van der Waals surface area contributed by atoms with Crippen molar-refractivity contribution < 1.29 is 13.5 Å². The summed E-state index contributed by atoms with van der Waals surface area (Å²) in [4.78, 5) is 0. The van der Waals surface area contributed by atoms with Gasteiger partial charge in [-0.3, -0.25) is 0 Å². The van der Waals surface area contributed by atoms with Crippen molar-refractivity contribution in [2.24, 2.45) is 5.92 Å². The molecule has 0 aromatic heterocycles. The summed E-state index contributed by atoms with van der Waals surface area (Å²) in [5, 5.41) is 8.78. The highest BCUT2D eigenvalue weighted by Gasteiger charge is 2.34. The summed E-state index contributed by atoms with van der Waals surface area (Å²) in [5.41, 5.74) is 1.36. The Morgan fingerprint density at radius 1 is 1.04 bits per heavy atom. The third-order valence-corrected chi connectivity index (χ3v) is 5.36. The zero-order valence-electron chi connectivity index (χ0n) is 16.1. The van der Waals surface area contributed by atoms with Gasteiger partial charge in [-0.2, -0.15) is 14.0 Å². The fourth-order valence-corrected chi connectivity index (χ4v) is 3.73. The van der Waals surface area contributed by atoms with Crippen molar-refractivity contribution in [3.8, 4) is 11.8 Å². The summed E-state index contributed by atoms with van der Waals surface area (Å²) in [7, 11) is 0. The van der Waals surface area contributed by atoms with Gasteiger partial charge in [0.2, 0.25) is 0 Å². The predicted octanol–water partition coefficient (Wildman–Crippen LogP) is 6.93. The highest BCUT2D eigenvalue weighted by molar-refractivity contribution is 5.35. The van der Waals surface area contributed by atoms with Gasteiger partial charge in [-0.05, 0) is 85.9 Å². The molecular formula is C24H25F2NO. The van der Waals surface area contributed by atoms with E-state index in [1.165, 1.54) is 36.4 Å². The molecule has 1 aliphatic rings. The third kappa shape index (κ3) is 4.98. The van der Waals surface area contributed by atoms with Gasteiger partial charge in [0.1, 0.15) is 5.75 Å². The van der Waals surface area contributed by atoms with Crippen molar-refractivity contribution >= 4 is 0 Å². The molecule has 28 heavy (non-hydrogen) atoms. The molecular weight excluding hydrogens is 356 g/mol. The fraction of sp³-hybridized carbons (Fsp3) is 0.375. The predicted molar refractivity (Wildman–Crippen MR) is 106 cm³/mol. The van der Waals surface area contributed by atoms with Gasteiger partial charge in [0, 0.05) is 0 Å². The zero-order valence-corrected chi connectivity index (χ0v) is 16.1. The first-order valence-corrected chi connectivity index (χ1v) is 9.86. The van der Waals surface area contributed by atoms with Crippen LogP contribution in [-0.2, 0) is 6.11 Å². The van der Waals surface area contributed by atoms with E-state index in [-0.39, 0.29) is 11.3 Å². The van der Waals surface area contributed by atoms with Crippen LogP contribution in [0.1, 0.15) is 61.6 Å². The second kappa shape index (κ2) is 9.01. The Labute approximate surface area is 165 Å². The minimum Gasteiger partial charge on any atom is -0.429 e. The average Bonchev–Trinajstić information content (AvgIpc) is 2.73. The molecule has 1 fully saturated rings. The lowest BCUT2D eigenvalue weighted by Gasteiger charge is -2.27. The van der Waals surface area contributed by atoms with Crippen molar-refractivity contribution in [2.45, 2.75) is 51.1 Å². The summed E-state index contributed by atoms with van der Waals surface area (Å²) < 4.78 is 33.8. The van der Waals surface area contributed by atoms with Crippen LogP contribution < -0.4 is 4.74 Å². The van der Waals surface area contributed by atoms with Crippen LogP contribution in [0.25, 0.3) is 0 Å². The highest BCUT2D eigenvalue weighted by Crippen LogP contribution is 2.38. The number of rotatable bonds is 6. The molecule has 146 valence electrons. The molecule has 0 aliphatic heterocycles. The lowest BCUT2D eigenvalue weighted by Crippen LogP contribution is -2.22. The van der Waals surface area contributed by atoms with E-state index >= 15 is 0 Å². The van der Waals surface area contributed by atoms with Crippen molar-refractivity contribution in [3.63, 3.8) is 0 Å². The Bertz CT molecular complexity index is 826. The SMILES string of the molecule is CCC=CC1CCC(c2ccc(C(F)(F)Oc3ccc(C#N)cc3)cc2)CC1. The number of ether oxygens (including phenoxy) is 1. The van der Waals surface area contributed by atoms with Crippen LogP contribution >= 0.6 is 0 Å². The number of halogens is 2. The number of alkyl halides is 2. The van der Waals surface area contributed by atoms with E-state index in [0.29, 0.717) is 17.4 Å². The lowest BCUT2D eigenvalue weighted by atomic mass is 9.78. The number of hydrogen-bond acceptors (Lipinski definition) is 2. The van der Waals surface area contributed by atoms with Crippen LogP contribution in [0.5, 0.6) is 5.75 Å². The van der Waals surface area contributed by atoms with E-state index < -0.39 is 6.11 Å². The average molecular weight is 381 g/mol. The summed E-state index contributed by atoms with van der Waals surface area (Å²) in [6, 6.07) is 14.2. The summed E-state index contributed by atoms with van der Waals surface area (Å²) in [6.45, 7) is 2.14.